The van der Waals surface area contributed by atoms with Gasteiger partial charge in [0.1, 0.15) is 6.10 Å². The van der Waals surface area contributed by atoms with Gasteiger partial charge in [-0.1, -0.05) is 26.2 Å². The number of hydrogen-bond donors (Lipinski definition) is 5. The minimum Gasteiger partial charge on any atom is -0.396 e. The van der Waals surface area contributed by atoms with Gasteiger partial charge in [-0.05, 0) is 6.42 Å². The van der Waals surface area contributed by atoms with Crippen molar-refractivity contribution in [1.82, 2.24) is 0 Å². The molecule has 18 heavy (non-hydrogen) atoms. The highest BCUT2D eigenvalue weighted by molar-refractivity contribution is 7.83. The third-order valence-electron chi connectivity index (χ3n) is 2.15. The average molecular weight is 286 g/mol. The quantitative estimate of drug-likeness (QED) is 0.290. The minimum absolute atomic E-state index is 0.187. The Hall–Kier alpha value is -0.740. The van der Waals surface area contributed by atoms with Gasteiger partial charge in [-0.25, -0.2) is 5.14 Å². The normalized spacial score (nSPS) is 14.3. The lowest BCUT2D eigenvalue weighted by molar-refractivity contribution is -0.129. The van der Waals surface area contributed by atoms with Crippen LogP contribution >= 0.6 is 0 Å². The predicted molar refractivity (Wildman–Crippen MR) is 65.7 cm³/mol. The Bertz CT molecular complexity index is 311. The zero-order chi connectivity index (χ0) is 14.8. The maximum absolute atomic E-state index is 10.6. The van der Waals surface area contributed by atoms with E-state index >= 15 is 0 Å². The number of amides is 1. The summed E-state index contributed by atoms with van der Waals surface area (Å²) in [5, 5.41) is 22.0. The zero-order valence-electron chi connectivity index (χ0n) is 10.3. The van der Waals surface area contributed by atoms with Gasteiger partial charge in [0, 0.05) is 12.5 Å². The lowest BCUT2D eigenvalue weighted by atomic mass is 9.96. The number of primary amides is 1. The van der Waals surface area contributed by atoms with Gasteiger partial charge in [-0.15, -0.1) is 0 Å². The number of carbonyl (C=O) groups excluding carboxylic acids is 1. The van der Waals surface area contributed by atoms with E-state index in [1.54, 1.807) is 0 Å². The summed E-state index contributed by atoms with van der Waals surface area (Å²) in [5.74, 6) is -1.15. The molecule has 0 aliphatic rings. The van der Waals surface area contributed by atoms with Gasteiger partial charge in [0.2, 0.25) is 5.91 Å². The highest BCUT2D eigenvalue weighted by Crippen LogP contribution is 2.13. The molecule has 0 aliphatic heterocycles. The highest BCUT2D eigenvalue weighted by atomic mass is 32.2. The van der Waals surface area contributed by atoms with E-state index in [-0.39, 0.29) is 6.61 Å². The molecule has 110 valence electrons. The summed E-state index contributed by atoms with van der Waals surface area (Å²) in [6.07, 6.45) is 2.47. The van der Waals surface area contributed by atoms with E-state index < -0.39 is 28.2 Å². The molecule has 2 atom stereocenters. The van der Waals surface area contributed by atoms with E-state index in [4.69, 9.17) is 23.8 Å². The summed E-state index contributed by atoms with van der Waals surface area (Å²) in [6, 6.07) is 0. The Morgan fingerprint density at radius 1 is 1.33 bits per heavy atom. The smallest absolute Gasteiger partial charge is 0.330 e. The van der Waals surface area contributed by atoms with Gasteiger partial charge in [-0.2, -0.15) is 8.42 Å². The molecule has 1 amide bonds. The van der Waals surface area contributed by atoms with E-state index in [0.29, 0.717) is 6.42 Å². The number of aliphatic hydroxyl groups is 2. The number of nitrogens with two attached hydrogens (primary N) is 2. The van der Waals surface area contributed by atoms with Crippen LogP contribution < -0.4 is 10.9 Å². The number of hydrogen-bond acceptors (Lipinski definition) is 5. The summed E-state index contributed by atoms with van der Waals surface area (Å²) in [6.45, 7) is 1.88. The van der Waals surface area contributed by atoms with Gasteiger partial charge >= 0.3 is 10.3 Å². The first-order valence-corrected chi connectivity index (χ1v) is 6.97. The second-order valence-corrected chi connectivity index (χ2v) is 4.83. The van der Waals surface area contributed by atoms with Crippen molar-refractivity contribution in [3.63, 3.8) is 0 Å². The summed E-state index contributed by atoms with van der Waals surface area (Å²) in [7, 11) is -4.17. The Balaban J connectivity index is 0. The van der Waals surface area contributed by atoms with Crippen LogP contribution in [0.3, 0.4) is 0 Å². The largest absolute Gasteiger partial charge is 0.396 e. The van der Waals surface area contributed by atoms with E-state index in [9.17, 15) is 9.90 Å². The van der Waals surface area contributed by atoms with Crippen LogP contribution in [0, 0.1) is 5.92 Å². The molecule has 8 nitrogen and oxygen atoms in total. The molecule has 0 aromatic heterocycles. The molecule has 0 saturated heterocycles. The highest BCUT2D eigenvalue weighted by Gasteiger charge is 2.22. The van der Waals surface area contributed by atoms with E-state index in [2.05, 4.69) is 12.1 Å². The lowest BCUT2D eigenvalue weighted by Crippen LogP contribution is -2.36. The predicted octanol–water partition coefficient (Wildman–Crippen LogP) is -1.23. The molecular weight excluding hydrogens is 264 g/mol. The Morgan fingerprint density at radius 2 is 1.78 bits per heavy atom. The topological polar surface area (TPSA) is 164 Å². The van der Waals surface area contributed by atoms with Crippen LogP contribution in [0.25, 0.3) is 0 Å². The second kappa shape index (κ2) is 10.2. The summed E-state index contributed by atoms with van der Waals surface area (Å²) in [5.41, 5.74) is 4.92. The molecule has 0 rings (SSSR count). The standard InChI is InChI=1S/C9H19NO3.H3NO3S/c1-2-3-4-5-7(6-11)8(12)9(10)13;1-5(2,3)4/h7-8,11-12H,2-6H2,1H3,(H2,10,13);(H3,1,2,3,4). The minimum atomic E-state index is -4.17. The van der Waals surface area contributed by atoms with Crippen molar-refractivity contribution in [3.8, 4) is 0 Å². The summed E-state index contributed by atoms with van der Waals surface area (Å²) >= 11 is 0. The van der Waals surface area contributed by atoms with Crippen molar-refractivity contribution < 1.29 is 28.0 Å². The van der Waals surface area contributed by atoms with Crippen molar-refractivity contribution in [1.29, 1.82) is 0 Å². The van der Waals surface area contributed by atoms with Crippen LogP contribution in [-0.4, -0.2) is 41.8 Å². The first kappa shape index (κ1) is 19.6. The number of unbranched alkanes of at least 4 members (excludes halogenated alkanes) is 2. The molecule has 0 radical (unpaired) electrons. The number of carbonyl (C=O) groups is 1. The van der Waals surface area contributed by atoms with E-state index in [1.165, 1.54) is 0 Å². The van der Waals surface area contributed by atoms with Gasteiger partial charge in [0.25, 0.3) is 0 Å². The van der Waals surface area contributed by atoms with Crippen molar-refractivity contribution in [2.24, 2.45) is 16.8 Å². The van der Waals surface area contributed by atoms with Crippen LogP contribution in [0.2, 0.25) is 0 Å². The summed E-state index contributed by atoms with van der Waals surface area (Å²) < 4.78 is 25.2. The second-order valence-electron chi connectivity index (χ2n) is 3.80. The molecule has 2 unspecified atom stereocenters. The van der Waals surface area contributed by atoms with Gasteiger partial charge < -0.3 is 15.9 Å². The molecule has 0 spiro atoms. The number of rotatable bonds is 7. The Morgan fingerprint density at radius 3 is 2.06 bits per heavy atom. The molecule has 9 heteroatoms. The number of aliphatic hydroxyl groups excluding tert-OH is 2. The fourth-order valence-corrected chi connectivity index (χ4v) is 1.24. The molecule has 0 saturated carbocycles. The van der Waals surface area contributed by atoms with Crippen LogP contribution in [0.15, 0.2) is 0 Å². The molecule has 0 bridgehead atoms. The lowest BCUT2D eigenvalue weighted by Gasteiger charge is -2.17. The fourth-order valence-electron chi connectivity index (χ4n) is 1.24. The molecule has 0 aromatic rings. The molecule has 0 fully saturated rings. The molecule has 0 aromatic carbocycles. The van der Waals surface area contributed by atoms with Crippen molar-refractivity contribution in [2.45, 2.75) is 38.7 Å². The third kappa shape index (κ3) is 15.3. The maximum atomic E-state index is 10.6. The third-order valence-corrected chi connectivity index (χ3v) is 2.15. The van der Waals surface area contributed by atoms with E-state index in [1.807, 2.05) is 0 Å². The molecular formula is C9H22N2O6S. The van der Waals surface area contributed by atoms with Crippen molar-refractivity contribution in [2.75, 3.05) is 6.61 Å². The first-order chi connectivity index (χ1) is 8.13. The van der Waals surface area contributed by atoms with Crippen LogP contribution in [0.1, 0.15) is 32.6 Å². The van der Waals surface area contributed by atoms with Crippen molar-refractivity contribution in [3.05, 3.63) is 0 Å². The average Bonchev–Trinajstić information content (AvgIpc) is 2.21. The maximum Gasteiger partial charge on any atom is 0.330 e. The van der Waals surface area contributed by atoms with Gasteiger partial charge in [0.15, 0.2) is 0 Å². The SMILES string of the molecule is CCCCCC(CO)C(O)C(N)=O.NS(=O)(=O)O. The Labute approximate surface area is 107 Å². The molecule has 7 N–H and O–H groups in total. The van der Waals surface area contributed by atoms with Crippen LogP contribution in [0.4, 0.5) is 0 Å². The van der Waals surface area contributed by atoms with Gasteiger partial charge in [0.05, 0.1) is 0 Å². The van der Waals surface area contributed by atoms with Crippen LogP contribution in [0.5, 0.6) is 0 Å². The Kier molecular flexibility index (Phi) is 11.1. The zero-order valence-corrected chi connectivity index (χ0v) is 11.1. The van der Waals surface area contributed by atoms with Gasteiger partial charge in [-0.3, -0.25) is 9.35 Å². The first-order valence-electron chi connectivity index (χ1n) is 5.46. The van der Waals surface area contributed by atoms with Crippen molar-refractivity contribution >= 4 is 16.2 Å². The van der Waals surface area contributed by atoms with Crippen LogP contribution in [-0.2, 0) is 15.1 Å². The summed E-state index contributed by atoms with van der Waals surface area (Å²) in [4.78, 5) is 10.6. The van der Waals surface area contributed by atoms with E-state index in [0.717, 1.165) is 19.3 Å². The molecule has 0 aliphatic carbocycles. The molecule has 0 heterocycles. The fraction of sp³-hybridized carbons (Fsp3) is 0.889. The monoisotopic (exact) mass is 286 g/mol.